The number of pyridine rings is 1. The van der Waals surface area contributed by atoms with Crippen molar-refractivity contribution in [2.45, 2.75) is 71.8 Å². The van der Waals surface area contributed by atoms with Crippen molar-refractivity contribution < 1.29 is 19.1 Å². The van der Waals surface area contributed by atoms with E-state index >= 15 is 0 Å². The molecule has 2 aromatic carbocycles. The van der Waals surface area contributed by atoms with E-state index in [1.807, 2.05) is 86.6 Å². The van der Waals surface area contributed by atoms with Gasteiger partial charge in [0.25, 0.3) is 11.8 Å². The van der Waals surface area contributed by atoms with Gasteiger partial charge >= 0.3 is 0 Å². The molecule has 0 spiro atoms. The van der Waals surface area contributed by atoms with E-state index in [1.165, 1.54) is 0 Å². The van der Waals surface area contributed by atoms with Gasteiger partial charge in [0, 0.05) is 24.3 Å². The zero-order valence-electron chi connectivity index (χ0n) is 26.9. The molecule has 0 saturated carbocycles. The molecule has 0 aliphatic heterocycles. The SMILES string of the molecule is CC(C)N(CCO[Si](C)(C)C(C)(C)C)C(=O)c1nc(Cc2ncccc2-c2ccccc2)nc(O)c1OCc1ccccc1. The minimum atomic E-state index is -2.01. The zero-order chi connectivity index (χ0) is 31.9. The lowest BCUT2D eigenvalue weighted by atomic mass is 10.0. The third-order valence-corrected chi connectivity index (χ3v) is 12.6. The highest BCUT2D eigenvalue weighted by Gasteiger charge is 2.37. The lowest BCUT2D eigenvalue weighted by molar-refractivity contribution is 0.0656. The van der Waals surface area contributed by atoms with Crippen LogP contribution in [0.15, 0.2) is 79.0 Å². The zero-order valence-corrected chi connectivity index (χ0v) is 27.9. The number of benzene rings is 2. The van der Waals surface area contributed by atoms with Gasteiger partial charge in [-0.15, -0.1) is 0 Å². The topological polar surface area (TPSA) is 97.7 Å². The molecule has 232 valence electrons. The molecule has 0 fully saturated rings. The van der Waals surface area contributed by atoms with Gasteiger partial charge in [-0.25, -0.2) is 4.98 Å². The molecule has 0 aliphatic carbocycles. The van der Waals surface area contributed by atoms with Crippen LogP contribution >= 0.6 is 0 Å². The van der Waals surface area contributed by atoms with E-state index in [2.05, 4.69) is 43.8 Å². The summed E-state index contributed by atoms with van der Waals surface area (Å²) in [6, 6.07) is 23.2. The van der Waals surface area contributed by atoms with Gasteiger partial charge in [0.2, 0.25) is 5.75 Å². The van der Waals surface area contributed by atoms with E-state index in [4.69, 9.17) is 14.1 Å². The summed E-state index contributed by atoms with van der Waals surface area (Å²) in [4.78, 5) is 29.6. The Labute approximate surface area is 262 Å². The third-order valence-electron chi connectivity index (χ3n) is 8.11. The van der Waals surface area contributed by atoms with Crippen LogP contribution in [0.1, 0.15) is 62.2 Å². The lowest BCUT2D eigenvalue weighted by Crippen LogP contribution is -2.45. The average molecular weight is 613 g/mol. The van der Waals surface area contributed by atoms with Crippen molar-refractivity contribution in [2.24, 2.45) is 0 Å². The fourth-order valence-electron chi connectivity index (χ4n) is 4.53. The number of hydrogen-bond acceptors (Lipinski definition) is 7. The molecular weight excluding hydrogens is 568 g/mol. The summed E-state index contributed by atoms with van der Waals surface area (Å²) in [6.45, 7) is 15.8. The summed E-state index contributed by atoms with van der Waals surface area (Å²) >= 11 is 0. The minimum Gasteiger partial charge on any atom is -0.491 e. The van der Waals surface area contributed by atoms with Crippen LogP contribution in [0.3, 0.4) is 0 Å². The summed E-state index contributed by atoms with van der Waals surface area (Å²) in [6.07, 6.45) is 1.93. The van der Waals surface area contributed by atoms with Crippen molar-refractivity contribution in [2.75, 3.05) is 13.2 Å². The summed E-state index contributed by atoms with van der Waals surface area (Å²) < 4.78 is 12.4. The van der Waals surface area contributed by atoms with E-state index in [9.17, 15) is 9.90 Å². The molecule has 0 saturated heterocycles. The number of amides is 1. The molecule has 44 heavy (non-hydrogen) atoms. The van der Waals surface area contributed by atoms with Crippen LogP contribution in [-0.2, 0) is 17.5 Å². The molecular formula is C35H44N4O4Si. The number of hydrogen-bond donors (Lipinski definition) is 1. The summed E-state index contributed by atoms with van der Waals surface area (Å²) in [7, 11) is -2.01. The molecule has 1 amide bonds. The molecule has 4 rings (SSSR count). The van der Waals surface area contributed by atoms with Gasteiger partial charge in [-0.3, -0.25) is 9.78 Å². The maximum Gasteiger partial charge on any atom is 0.276 e. The van der Waals surface area contributed by atoms with E-state index in [-0.39, 0.29) is 53.2 Å². The molecule has 0 atom stereocenters. The Morgan fingerprint density at radius 3 is 2.25 bits per heavy atom. The Kier molecular flexibility index (Phi) is 10.5. The largest absolute Gasteiger partial charge is 0.491 e. The molecule has 1 N–H and O–H groups in total. The second-order valence-corrected chi connectivity index (χ2v) is 17.5. The fraction of sp³-hybridized carbons (Fsp3) is 0.371. The normalized spacial score (nSPS) is 11.9. The summed E-state index contributed by atoms with van der Waals surface area (Å²) in [5, 5.41) is 11.2. The van der Waals surface area contributed by atoms with Crippen molar-refractivity contribution in [3.05, 3.63) is 102 Å². The average Bonchev–Trinajstić information content (AvgIpc) is 2.99. The maximum atomic E-state index is 14.2. The fourth-order valence-corrected chi connectivity index (χ4v) is 5.56. The van der Waals surface area contributed by atoms with Gasteiger partial charge in [0.1, 0.15) is 12.4 Å². The van der Waals surface area contributed by atoms with Gasteiger partial charge < -0.3 is 19.2 Å². The van der Waals surface area contributed by atoms with Gasteiger partial charge in [-0.1, -0.05) is 87.5 Å². The number of nitrogens with zero attached hydrogens (tertiary/aromatic N) is 4. The van der Waals surface area contributed by atoms with Crippen molar-refractivity contribution in [1.82, 2.24) is 19.9 Å². The second kappa shape index (κ2) is 14.1. The first kappa shape index (κ1) is 32.8. The highest BCUT2D eigenvalue weighted by molar-refractivity contribution is 6.74. The first-order valence-electron chi connectivity index (χ1n) is 15.1. The molecule has 0 radical (unpaired) electrons. The third kappa shape index (κ3) is 8.09. The highest BCUT2D eigenvalue weighted by atomic mass is 28.4. The first-order valence-corrected chi connectivity index (χ1v) is 18.0. The Bertz CT molecular complexity index is 1540. The number of rotatable bonds is 12. The summed E-state index contributed by atoms with van der Waals surface area (Å²) in [5.41, 5.74) is 3.57. The Morgan fingerprint density at radius 2 is 1.61 bits per heavy atom. The van der Waals surface area contributed by atoms with Crippen molar-refractivity contribution in [3.8, 4) is 22.8 Å². The number of carbonyl (C=O) groups is 1. The Hall–Kier alpha value is -4.08. The first-order chi connectivity index (χ1) is 20.9. The van der Waals surface area contributed by atoms with E-state index in [1.54, 1.807) is 11.1 Å². The molecule has 0 bridgehead atoms. The van der Waals surface area contributed by atoms with Crippen LogP contribution in [0.4, 0.5) is 0 Å². The van der Waals surface area contributed by atoms with Gasteiger partial charge in [-0.05, 0) is 49.2 Å². The molecule has 2 aromatic heterocycles. The lowest BCUT2D eigenvalue weighted by Gasteiger charge is -2.37. The second-order valence-electron chi connectivity index (χ2n) is 12.7. The minimum absolute atomic E-state index is 0.0154. The quantitative estimate of drug-likeness (QED) is 0.168. The molecule has 4 aromatic rings. The Morgan fingerprint density at radius 1 is 0.955 bits per heavy atom. The number of aromatic nitrogens is 3. The monoisotopic (exact) mass is 612 g/mol. The predicted octanol–water partition coefficient (Wildman–Crippen LogP) is 7.29. The van der Waals surface area contributed by atoms with Gasteiger partial charge in [0.05, 0.1) is 18.7 Å². The van der Waals surface area contributed by atoms with Crippen LogP contribution in [0.5, 0.6) is 11.6 Å². The number of aromatic hydroxyl groups is 1. The molecule has 8 nitrogen and oxygen atoms in total. The van der Waals surface area contributed by atoms with E-state index in [0.29, 0.717) is 13.2 Å². The van der Waals surface area contributed by atoms with Gasteiger partial charge in [-0.2, -0.15) is 4.98 Å². The molecule has 2 heterocycles. The smallest absolute Gasteiger partial charge is 0.276 e. The summed E-state index contributed by atoms with van der Waals surface area (Å²) in [5.74, 6) is -0.504. The van der Waals surface area contributed by atoms with E-state index < -0.39 is 8.32 Å². The van der Waals surface area contributed by atoms with Crippen LogP contribution in [0, 0.1) is 0 Å². The van der Waals surface area contributed by atoms with Crippen molar-refractivity contribution in [1.29, 1.82) is 0 Å². The Balaban J connectivity index is 1.68. The highest BCUT2D eigenvalue weighted by Crippen LogP contribution is 2.36. The predicted molar refractivity (Wildman–Crippen MR) is 176 cm³/mol. The number of ether oxygens (including phenoxy) is 1. The molecule has 0 aliphatic rings. The maximum absolute atomic E-state index is 14.2. The molecule has 9 heteroatoms. The van der Waals surface area contributed by atoms with Crippen LogP contribution in [-0.4, -0.2) is 58.4 Å². The standard InChI is InChI=1S/C35H44N4O4Si/c1-25(2)39(21-22-43-44(6,7)35(3,4)5)34(41)31-32(42-24-26-15-10-8-11-16-26)33(40)38-30(37-31)23-29-28(19-14-20-36-29)27-17-12-9-13-18-27/h8-20,25H,21-24H2,1-7H3,(H,37,38,40). The number of carbonyl (C=O) groups excluding carboxylic acids is 1. The van der Waals surface area contributed by atoms with Crippen molar-refractivity contribution in [3.63, 3.8) is 0 Å². The van der Waals surface area contributed by atoms with Gasteiger partial charge in [0.15, 0.2) is 14.0 Å². The molecule has 0 unspecified atom stereocenters. The van der Waals surface area contributed by atoms with Crippen LogP contribution < -0.4 is 4.74 Å². The van der Waals surface area contributed by atoms with Crippen LogP contribution in [0.25, 0.3) is 11.1 Å². The van der Waals surface area contributed by atoms with Crippen molar-refractivity contribution >= 4 is 14.2 Å². The van der Waals surface area contributed by atoms with E-state index in [0.717, 1.165) is 22.4 Å². The van der Waals surface area contributed by atoms with Crippen LogP contribution in [0.2, 0.25) is 18.1 Å².